The molecule has 0 spiro atoms. The molecule has 5 heteroatoms. The van der Waals surface area contributed by atoms with Gasteiger partial charge in [-0.1, -0.05) is 60.7 Å². The van der Waals surface area contributed by atoms with Gasteiger partial charge < -0.3 is 4.57 Å². The molecule has 8 rings (SSSR count). The summed E-state index contributed by atoms with van der Waals surface area (Å²) in [5.74, 6) is 0. The molecule has 0 aliphatic rings. The molecule has 2 aromatic heterocycles. The summed E-state index contributed by atoms with van der Waals surface area (Å²) < 4.78 is 4.54. The number of aromatic nitrogens is 1. The van der Waals surface area contributed by atoms with Crippen molar-refractivity contribution in [2.24, 2.45) is 0 Å². The van der Waals surface area contributed by atoms with Gasteiger partial charge in [-0.15, -0.1) is 11.3 Å². The fourth-order valence-electron chi connectivity index (χ4n) is 6.21. The lowest BCUT2D eigenvalue weighted by atomic mass is 9.99. The first kappa shape index (κ1) is 25.5. The van der Waals surface area contributed by atoms with Gasteiger partial charge in [0, 0.05) is 31.2 Å². The number of nitriles is 1. The van der Waals surface area contributed by atoms with E-state index in [1.807, 2.05) is 54.6 Å². The van der Waals surface area contributed by atoms with Crippen LogP contribution in [0.2, 0.25) is 0 Å². The van der Waals surface area contributed by atoms with E-state index in [1.165, 1.54) is 31.3 Å². The Hall–Kier alpha value is -6.19. The standard InChI is InChI=1S/C39H20N4S/c1-41-28-13-15-37-34(22-28)33-17-24(23-40)11-14-36(33)43(37)30-19-27(18-29(21-30)42-2)31-9-6-10-32-35-20-26(25-7-4-3-5-8-25)12-16-38(35)44-39(31)32/h3-22H. The molecule has 0 unspecified atom stereocenters. The van der Waals surface area contributed by atoms with Crippen LogP contribution < -0.4 is 0 Å². The number of nitrogens with zero attached hydrogens (tertiary/aromatic N) is 4. The number of rotatable bonds is 3. The maximum atomic E-state index is 9.60. The first-order valence-electron chi connectivity index (χ1n) is 14.0. The molecule has 0 aliphatic carbocycles. The van der Waals surface area contributed by atoms with E-state index in [-0.39, 0.29) is 0 Å². The molecule has 202 valence electrons. The maximum Gasteiger partial charge on any atom is 0.189 e. The molecule has 2 heterocycles. The summed E-state index contributed by atoms with van der Waals surface area (Å²) in [6, 6.07) is 43.1. The summed E-state index contributed by atoms with van der Waals surface area (Å²) in [5.41, 5.74) is 8.78. The van der Waals surface area contributed by atoms with Crippen molar-refractivity contribution in [3.8, 4) is 34.0 Å². The van der Waals surface area contributed by atoms with E-state index in [4.69, 9.17) is 13.1 Å². The van der Waals surface area contributed by atoms with Crippen LogP contribution in [0, 0.1) is 24.5 Å². The van der Waals surface area contributed by atoms with Gasteiger partial charge in [0.15, 0.2) is 11.4 Å². The molecule has 0 radical (unpaired) electrons. The predicted molar refractivity (Wildman–Crippen MR) is 182 cm³/mol. The van der Waals surface area contributed by atoms with Gasteiger partial charge in [-0.2, -0.15) is 5.26 Å². The van der Waals surface area contributed by atoms with Crippen LogP contribution in [0.5, 0.6) is 0 Å². The molecule has 0 saturated heterocycles. The number of hydrogen-bond donors (Lipinski definition) is 0. The predicted octanol–water partition coefficient (Wildman–Crippen LogP) is 11.5. The zero-order valence-electron chi connectivity index (χ0n) is 23.2. The van der Waals surface area contributed by atoms with Gasteiger partial charge in [-0.25, -0.2) is 9.69 Å². The summed E-state index contributed by atoms with van der Waals surface area (Å²) in [4.78, 5) is 7.51. The number of benzene rings is 6. The highest BCUT2D eigenvalue weighted by molar-refractivity contribution is 7.26. The highest BCUT2D eigenvalue weighted by Crippen LogP contribution is 2.43. The Kier molecular flexibility index (Phi) is 5.78. The Morgan fingerprint density at radius 1 is 0.591 bits per heavy atom. The van der Waals surface area contributed by atoms with E-state index >= 15 is 0 Å². The Morgan fingerprint density at radius 2 is 1.39 bits per heavy atom. The number of fused-ring (bicyclic) bond motifs is 6. The highest BCUT2D eigenvalue weighted by Gasteiger charge is 2.17. The average molecular weight is 577 g/mol. The van der Waals surface area contributed by atoms with E-state index in [0.29, 0.717) is 16.9 Å². The molecule has 0 fully saturated rings. The van der Waals surface area contributed by atoms with Crippen molar-refractivity contribution in [1.29, 1.82) is 5.26 Å². The van der Waals surface area contributed by atoms with Crippen molar-refractivity contribution in [3.05, 3.63) is 150 Å². The van der Waals surface area contributed by atoms with Crippen molar-refractivity contribution in [1.82, 2.24) is 4.57 Å². The Bertz CT molecular complexity index is 2510. The maximum absolute atomic E-state index is 9.60. The SMILES string of the molecule is [C-]#[N+]c1cc(-c2cccc3c2sc2ccc(-c4ccccc4)cc23)cc(-n2c3ccc(C#N)cc3c3cc([N+]#[C-])ccc32)c1. The third kappa shape index (κ3) is 3.95. The van der Waals surface area contributed by atoms with Gasteiger partial charge in [0.1, 0.15) is 0 Å². The first-order valence-corrected chi connectivity index (χ1v) is 14.9. The largest absolute Gasteiger partial charge is 0.311 e. The molecule has 0 bridgehead atoms. The highest BCUT2D eigenvalue weighted by atomic mass is 32.1. The smallest absolute Gasteiger partial charge is 0.189 e. The van der Waals surface area contributed by atoms with Gasteiger partial charge in [0.05, 0.1) is 35.8 Å². The zero-order chi connectivity index (χ0) is 29.8. The lowest BCUT2D eigenvalue weighted by Crippen LogP contribution is -1.94. The van der Waals surface area contributed by atoms with Gasteiger partial charge in [0.25, 0.3) is 0 Å². The molecule has 0 aliphatic heterocycles. The van der Waals surface area contributed by atoms with Crippen LogP contribution in [0.4, 0.5) is 11.4 Å². The number of thiophene rings is 1. The minimum Gasteiger partial charge on any atom is -0.311 e. The molecule has 0 N–H and O–H groups in total. The van der Waals surface area contributed by atoms with Crippen molar-refractivity contribution in [2.45, 2.75) is 0 Å². The first-order chi connectivity index (χ1) is 21.6. The van der Waals surface area contributed by atoms with E-state index in [9.17, 15) is 5.26 Å². The second kappa shape index (κ2) is 9.97. The molecule has 8 aromatic rings. The molecule has 6 aromatic carbocycles. The second-order valence-corrected chi connectivity index (χ2v) is 11.8. The van der Waals surface area contributed by atoms with Gasteiger partial charge in [-0.3, -0.25) is 0 Å². The van der Waals surface area contributed by atoms with Gasteiger partial charge in [-0.05, 0) is 88.3 Å². The van der Waals surface area contributed by atoms with E-state index in [1.54, 1.807) is 11.3 Å². The second-order valence-electron chi connectivity index (χ2n) is 10.7. The Labute approximate surface area is 257 Å². The molecule has 0 saturated carbocycles. The molecule has 4 nitrogen and oxygen atoms in total. The fourth-order valence-corrected chi connectivity index (χ4v) is 7.43. The van der Waals surface area contributed by atoms with Crippen LogP contribution in [0.25, 0.3) is 79.6 Å². The van der Waals surface area contributed by atoms with Crippen molar-refractivity contribution in [3.63, 3.8) is 0 Å². The number of hydrogen-bond acceptors (Lipinski definition) is 2. The Balaban J connectivity index is 1.37. The topological polar surface area (TPSA) is 37.4 Å². The summed E-state index contributed by atoms with van der Waals surface area (Å²) in [6.07, 6.45) is 0. The molecule has 0 amide bonds. The van der Waals surface area contributed by atoms with Crippen molar-refractivity contribution >= 4 is 64.7 Å². The van der Waals surface area contributed by atoms with Crippen LogP contribution >= 0.6 is 11.3 Å². The summed E-state index contributed by atoms with van der Waals surface area (Å²) in [7, 11) is 0. The normalized spacial score (nSPS) is 11.1. The van der Waals surface area contributed by atoms with Crippen molar-refractivity contribution < 1.29 is 0 Å². The summed E-state index contributed by atoms with van der Waals surface area (Å²) in [5, 5.41) is 13.8. The van der Waals surface area contributed by atoms with Crippen LogP contribution in [0.15, 0.2) is 121 Å². The molecular formula is C39H20N4S. The third-order valence-electron chi connectivity index (χ3n) is 8.21. The molecule has 44 heavy (non-hydrogen) atoms. The van der Waals surface area contributed by atoms with Crippen LogP contribution in [0.1, 0.15) is 5.56 Å². The van der Waals surface area contributed by atoms with Crippen LogP contribution in [-0.2, 0) is 0 Å². The molecule has 0 atom stereocenters. The summed E-state index contributed by atoms with van der Waals surface area (Å²) in [6.45, 7) is 15.5. The van der Waals surface area contributed by atoms with Crippen LogP contribution in [-0.4, -0.2) is 4.57 Å². The lowest BCUT2D eigenvalue weighted by molar-refractivity contribution is 1.18. The van der Waals surface area contributed by atoms with E-state index < -0.39 is 0 Å². The minimum absolute atomic E-state index is 0.543. The Morgan fingerprint density at radius 3 is 2.18 bits per heavy atom. The average Bonchev–Trinajstić information content (AvgIpc) is 3.62. The zero-order valence-corrected chi connectivity index (χ0v) is 24.1. The lowest BCUT2D eigenvalue weighted by Gasteiger charge is -2.12. The third-order valence-corrected chi connectivity index (χ3v) is 9.43. The van der Waals surface area contributed by atoms with Gasteiger partial charge in [0.2, 0.25) is 0 Å². The van der Waals surface area contributed by atoms with Crippen molar-refractivity contribution in [2.75, 3.05) is 0 Å². The quantitative estimate of drug-likeness (QED) is 0.193. The molecular weight excluding hydrogens is 557 g/mol. The van der Waals surface area contributed by atoms with E-state index in [0.717, 1.165) is 38.6 Å². The van der Waals surface area contributed by atoms with Gasteiger partial charge >= 0.3 is 0 Å². The van der Waals surface area contributed by atoms with Crippen LogP contribution in [0.3, 0.4) is 0 Å². The van der Waals surface area contributed by atoms with E-state index in [2.05, 4.69) is 87.1 Å². The minimum atomic E-state index is 0.543. The summed E-state index contributed by atoms with van der Waals surface area (Å²) >= 11 is 1.77. The fraction of sp³-hybridized carbons (Fsp3) is 0. The monoisotopic (exact) mass is 576 g/mol.